The highest BCUT2D eigenvalue weighted by atomic mass is 16.5. The van der Waals surface area contributed by atoms with Crippen LogP contribution in [0.15, 0.2) is 12.2 Å². The van der Waals surface area contributed by atoms with Crippen LogP contribution in [0.4, 0.5) is 0 Å². The molecule has 1 saturated carbocycles. The lowest BCUT2D eigenvalue weighted by atomic mass is 9.94. The first-order valence-corrected chi connectivity index (χ1v) is 5.22. The summed E-state index contributed by atoms with van der Waals surface area (Å²) < 4.78 is 4.46. The van der Waals surface area contributed by atoms with Crippen molar-refractivity contribution in [2.75, 3.05) is 13.7 Å². The molecule has 0 aromatic heterocycles. The number of hydrogen-bond acceptors (Lipinski definition) is 4. The zero-order chi connectivity index (χ0) is 11.1. The van der Waals surface area contributed by atoms with E-state index < -0.39 is 0 Å². The lowest BCUT2D eigenvalue weighted by molar-refractivity contribution is -0.134. The van der Waals surface area contributed by atoms with Crippen LogP contribution in [0.5, 0.6) is 0 Å². The molecular formula is C11H17NO3. The number of methoxy groups -OCH3 is 1. The fourth-order valence-electron chi connectivity index (χ4n) is 1.60. The van der Waals surface area contributed by atoms with Crippen molar-refractivity contribution in [1.29, 1.82) is 0 Å². The van der Waals surface area contributed by atoms with E-state index >= 15 is 0 Å². The number of esters is 1. The normalized spacial score (nSPS) is 18.3. The van der Waals surface area contributed by atoms with Gasteiger partial charge in [0.2, 0.25) is 0 Å². The molecule has 84 valence electrons. The predicted molar refractivity (Wildman–Crippen MR) is 56.4 cm³/mol. The highest BCUT2D eigenvalue weighted by Gasteiger charge is 2.17. The first-order valence-electron chi connectivity index (χ1n) is 5.22. The molecular weight excluding hydrogens is 194 g/mol. The Kier molecular flexibility index (Phi) is 5.04. The topological polar surface area (TPSA) is 55.4 Å². The van der Waals surface area contributed by atoms with Gasteiger partial charge in [-0.3, -0.25) is 4.79 Å². The van der Waals surface area contributed by atoms with Crippen molar-refractivity contribution < 1.29 is 14.3 Å². The maximum Gasteiger partial charge on any atom is 0.330 e. The second kappa shape index (κ2) is 6.35. The smallest absolute Gasteiger partial charge is 0.330 e. The van der Waals surface area contributed by atoms with Crippen LogP contribution in [-0.4, -0.2) is 31.4 Å². The van der Waals surface area contributed by atoms with E-state index in [4.69, 9.17) is 0 Å². The van der Waals surface area contributed by atoms with Gasteiger partial charge in [0.25, 0.3) is 0 Å². The Balaban J connectivity index is 2.12. The van der Waals surface area contributed by atoms with Crippen LogP contribution in [0.25, 0.3) is 0 Å². The van der Waals surface area contributed by atoms with Crippen LogP contribution in [0.3, 0.4) is 0 Å². The minimum atomic E-state index is -0.337. The third kappa shape index (κ3) is 4.74. The number of carbonyl (C=O) groups is 2. The van der Waals surface area contributed by atoms with Crippen molar-refractivity contribution in [1.82, 2.24) is 5.32 Å². The molecule has 0 aliphatic heterocycles. The number of rotatable bonds is 4. The van der Waals surface area contributed by atoms with Crippen molar-refractivity contribution in [3.8, 4) is 0 Å². The molecule has 1 aliphatic rings. The summed E-state index contributed by atoms with van der Waals surface area (Å²) in [5.74, 6) is 0.0220. The van der Waals surface area contributed by atoms with Gasteiger partial charge in [-0.05, 0) is 12.8 Å². The standard InChI is InChI=1S/C11H17NO3/c1-15-11(14)3-2-8-12-9-4-6-10(13)7-5-9/h2-3,9,12H,4-8H2,1H3/b3-2+. The van der Waals surface area contributed by atoms with E-state index in [9.17, 15) is 9.59 Å². The zero-order valence-corrected chi connectivity index (χ0v) is 8.99. The van der Waals surface area contributed by atoms with Crippen LogP contribution in [0.2, 0.25) is 0 Å². The van der Waals surface area contributed by atoms with Gasteiger partial charge in [0.1, 0.15) is 5.78 Å². The fraction of sp³-hybridized carbons (Fsp3) is 0.636. The molecule has 4 nitrogen and oxygen atoms in total. The van der Waals surface area contributed by atoms with Crippen LogP contribution in [0.1, 0.15) is 25.7 Å². The molecule has 1 N–H and O–H groups in total. The molecule has 0 aromatic rings. The second-order valence-corrected chi connectivity index (χ2v) is 3.65. The Bertz CT molecular complexity index is 251. The molecule has 0 radical (unpaired) electrons. The number of ketones is 1. The van der Waals surface area contributed by atoms with E-state index in [1.807, 2.05) is 0 Å². The summed E-state index contributed by atoms with van der Waals surface area (Å²) >= 11 is 0. The van der Waals surface area contributed by atoms with Crippen LogP contribution in [0, 0.1) is 0 Å². The van der Waals surface area contributed by atoms with Crippen molar-refractivity contribution in [3.63, 3.8) is 0 Å². The van der Waals surface area contributed by atoms with Crippen LogP contribution < -0.4 is 5.32 Å². The van der Waals surface area contributed by atoms with Gasteiger partial charge in [0.15, 0.2) is 0 Å². The molecule has 0 spiro atoms. The minimum Gasteiger partial charge on any atom is -0.466 e. The molecule has 1 aliphatic carbocycles. The first-order chi connectivity index (χ1) is 7.22. The minimum absolute atomic E-state index is 0.337. The van der Waals surface area contributed by atoms with E-state index in [1.54, 1.807) is 6.08 Å². The van der Waals surface area contributed by atoms with Gasteiger partial charge in [0.05, 0.1) is 7.11 Å². The summed E-state index contributed by atoms with van der Waals surface area (Å²) in [4.78, 5) is 21.7. The molecule has 1 rings (SSSR count). The molecule has 4 heteroatoms. The number of ether oxygens (including phenoxy) is 1. The monoisotopic (exact) mass is 211 g/mol. The van der Waals surface area contributed by atoms with Crippen molar-refractivity contribution in [2.45, 2.75) is 31.7 Å². The summed E-state index contributed by atoms with van der Waals surface area (Å²) in [6, 6.07) is 0.407. The Morgan fingerprint density at radius 3 is 2.80 bits per heavy atom. The van der Waals surface area contributed by atoms with Crippen LogP contribution >= 0.6 is 0 Å². The van der Waals surface area contributed by atoms with Gasteiger partial charge in [-0.2, -0.15) is 0 Å². The van der Waals surface area contributed by atoms with E-state index in [2.05, 4.69) is 10.1 Å². The summed E-state index contributed by atoms with van der Waals surface area (Å²) in [6.07, 6.45) is 6.32. The van der Waals surface area contributed by atoms with E-state index in [0.29, 0.717) is 31.2 Å². The highest BCUT2D eigenvalue weighted by molar-refractivity contribution is 5.81. The van der Waals surface area contributed by atoms with Gasteiger partial charge >= 0.3 is 5.97 Å². The molecule has 1 fully saturated rings. The maximum absolute atomic E-state index is 11.0. The van der Waals surface area contributed by atoms with Gasteiger partial charge in [-0.1, -0.05) is 6.08 Å². The predicted octanol–water partition coefficient (Wildman–Crippen LogP) is 0.817. The van der Waals surface area contributed by atoms with Gasteiger partial charge < -0.3 is 10.1 Å². The van der Waals surface area contributed by atoms with Gasteiger partial charge in [-0.25, -0.2) is 4.79 Å². The van der Waals surface area contributed by atoms with Gasteiger partial charge in [0, 0.05) is 31.5 Å². The van der Waals surface area contributed by atoms with E-state index in [-0.39, 0.29) is 5.97 Å². The third-order valence-electron chi connectivity index (χ3n) is 2.52. The summed E-state index contributed by atoms with van der Waals surface area (Å²) in [5, 5.41) is 3.27. The average Bonchev–Trinajstić information content (AvgIpc) is 2.26. The lowest BCUT2D eigenvalue weighted by Crippen LogP contribution is -2.33. The third-order valence-corrected chi connectivity index (χ3v) is 2.52. The Morgan fingerprint density at radius 1 is 1.53 bits per heavy atom. The Hall–Kier alpha value is -1.16. The quantitative estimate of drug-likeness (QED) is 0.552. The van der Waals surface area contributed by atoms with E-state index in [0.717, 1.165) is 12.8 Å². The molecule has 15 heavy (non-hydrogen) atoms. The summed E-state index contributed by atoms with van der Waals surface area (Å²) in [7, 11) is 1.35. The average molecular weight is 211 g/mol. The Morgan fingerprint density at radius 2 is 2.20 bits per heavy atom. The van der Waals surface area contributed by atoms with Gasteiger partial charge in [-0.15, -0.1) is 0 Å². The molecule has 0 aromatic carbocycles. The highest BCUT2D eigenvalue weighted by Crippen LogP contribution is 2.14. The number of nitrogens with one attached hydrogen (secondary N) is 1. The first kappa shape index (κ1) is 11.9. The zero-order valence-electron chi connectivity index (χ0n) is 8.99. The Labute approximate surface area is 89.7 Å². The summed E-state index contributed by atoms with van der Waals surface area (Å²) in [5.41, 5.74) is 0. The lowest BCUT2D eigenvalue weighted by Gasteiger charge is -2.21. The molecule has 0 heterocycles. The van der Waals surface area contributed by atoms with Crippen LogP contribution in [-0.2, 0) is 14.3 Å². The second-order valence-electron chi connectivity index (χ2n) is 3.65. The van der Waals surface area contributed by atoms with Crippen molar-refractivity contribution in [3.05, 3.63) is 12.2 Å². The molecule has 0 amide bonds. The largest absolute Gasteiger partial charge is 0.466 e. The van der Waals surface area contributed by atoms with Crippen molar-refractivity contribution >= 4 is 11.8 Å². The SMILES string of the molecule is COC(=O)/C=C/CNC1CCC(=O)CC1. The summed E-state index contributed by atoms with van der Waals surface area (Å²) in [6.45, 7) is 0.647. The molecule has 0 bridgehead atoms. The number of carbonyl (C=O) groups excluding carboxylic acids is 2. The number of Topliss-reactive ketones (excluding diaryl/α,β-unsaturated/α-hetero) is 1. The van der Waals surface area contributed by atoms with Crippen molar-refractivity contribution in [2.24, 2.45) is 0 Å². The molecule has 0 unspecified atom stereocenters. The fourth-order valence-corrected chi connectivity index (χ4v) is 1.60. The molecule has 0 atom stereocenters. The van der Waals surface area contributed by atoms with E-state index in [1.165, 1.54) is 13.2 Å². The molecule has 0 saturated heterocycles. The maximum atomic E-state index is 11.0. The number of hydrogen-bond donors (Lipinski definition) is 1.